The molecule has 23 heavy (non-hydrogen) atoms. The fraction of sp³-hybridized carbons (Fsp3) is 0.400. The van der Waals surface area contributed by atoms with Crippen molar-refractivity contribution >= 4 is 0 Å². The molecule has 2 aromatic carbocycles. The van der Waals surface area contributed by atoms with E-state index in [2.05, 4.69) is 44.1 Å². The van der Waals surface area contributed by atoms with Gasteiger partial charge in [-0.25, -0.2) is 4.39 Å². The van der Waals surface area contributed by atoms with Gasteiger partial charge in [0.1, 0.15) is 11.4 Å². The van der Waals surface area contributed by atoms with Gasteiger partial charge in [0.25, 0.3) is 0 Å². The average molecular weight is 313 g/mol. The van der Waals surface area contributed by atoms with Crippen molar-refractivity contribution in [2.24, 2.45) is 0 Å². The Morgan fingerprint density at radius 3 is 2.57 bits per heavy atom. The van der Waals surface area contributed by atoms with E-state index in [4.69, 9.17) is 4.74 Å². The minimum Gasteiger partial charge on any atom is -0.361 e. The molecule has 2 nitrogen and oxygen atoms in total. The first-order chi connectivity index (χ1) is 11.0. The molecule has 122 valence electrons. The fourth-order valence-electron chi connectivity index (χ4n) is 3.47. The molecule has 0 saturated carbocycles. The van der Waals surface area contributed by atoms with Gasteiger partial charge >= 0.3 is 0 Å². The van der Waals surface area contributed by atoms with Gasteiger partial charge in [0.2, 0.25) is 0 Å². The van der Waals surface area contributed by atoms with Crippen LogP contribution in [0.25, 0.3) is 0 Å². The number of hydrogen-bond acceptors (Lipinski definition) is 2. The van der Waals surface area contributed by atoms with Crippen LogP contribution in [0, 0.1) is 12.7 Å². The van der Waals surface area contributed by atoms with Crippen molar-refractivity contribution < 1.29 is 9.13 Å². The smallest absolute Gasteiger partial charge is 0.123 e. The molecule has 0 amide bonds. The van der Waals surface area contributed by atoms with Crippen molar-refractivity contribution in [2.75, 3.05) is 20.6 Å². The maximum absolute atomic E-state index is 13.4. The van der Waals surface area contributed by atoms with Crippen molar-refractivity contribution in [1.82, 2.24) is 4.90 Å². The zero-order valence-corrected chi connectivity index (χ0v) is 14.1. The van der Waals surface area contributed by atoms with E-state index in [0.717, 1.165) is 24.9 Å². The van der Waals surface area contributed by atoms with E-state index in [0.29, 0.717) is 6.61 Å². The third-order valence-electron chi connectivity index (χ3n) is 4.61. The molecule has 0 radical (unpaired) electrons. The highest BCUT2D eigenvalue weighted by Crippen LogP contribution is 2.45. The van der Waals surface area contributed by atoms with Crippen molar-refractivity contribution in [3.8, 4) is 0 Å². The monoisotopic (exact) mass is 313 g/mol. The van der Waals surface area contributed by atoms with Crippen LogP contribution >= 0.6 is 0 Å². The predicted octanol–water partition coefficient (Wildman–Crippen LogP) is 4.25. The number of halogens is 1. The summed E-state index contributed by atoms with van der Waals surface area (Å²) in [6.07, 6.45) is 1.92. The number of hydrogen-bond donors (Lipinski definition) is 0. The quantitative estimate of drug-likeness (QED) is 0.818. The summed E-state index contributed by atoms with van der Waals surface area (Å²) in [5, 5.41) is 0. The third-order valence-corrected chi connectivity index (χ3v) is 4.61. The average Bonchev–Trinajstić information content (AvgIpc) is 2.87. The number of ether oxygens (including phenoxy) is 1. The Balaban J connectivity index is 2.00. The molecule has 1 aliphatic heterocycles. The van der Waals surface area contributed by atoms with Gasteiger partial charge in [-0.1, -0.05) is 35.9 Å². The van der Waals surface area contributed by atoms with Crippen molar-refractivity contribution in [1.29, 1.82) is 0 Å². The summed E-state index contributed by atoms with van der Waals surface area (Å²) in [4.78, 5) is 2.18. The van der Waals surface area contributed by atoms with Crippen LogP contribution in [0.1, 0.15) is 35.1 Å². The largest absolute Gasteiger partial charge is 0.361 e. The summed E-state index contributed by atoms with van der Waals surface area (Å²) in [6, 6.07) is 13.3. The van der Waals surface area contributed by atoms with Crippen LogP contribution in [-0.4, -0.2) is 25.5 Å². The van der Waals surface area contributed by atoms with E-state index in [1.807, 2.05) is 12.1 Å². The molecular formula is C20H24FNO. The SMILES string of the molecule is Cc1ccc2c(c1)COC2(CCCN(C)C)c1ccc(F)cc1. The summed E-state index contributed by atoms with van der Waals surface area (Å²) < 4.78 is 19.7. The second-order valence-corrected chi connectivity index (χ2v) is 6.69. The molecule has 1 unspecified atom stereocenters. The van der Waals surface area contributed by atoms with Gasteiger partial charge in [0.05, 0.1) is 6.61 Å². The molecule has 3 heteroatoms. The molecule has 0 N–H and O–H groups in total. The lowest BCUT2D eigenvalue weighted by Crippen LogP contribution is -2.28. The Hall–Kier alpha value is -1.71. The molecule has 0 aliphatic carbocycles. The number of benzene rings is 2. The molecule has 0 aromatic heterocycles. The maximum Gasteiger partial charge on any atom is 0.123 e. The Kier molecular flexibility index (Phi) is 4.51. The molecule has 3 rings (SSSR count). The third kappa shape index (κ3) is 3.17. The van der Waals surface area contributed by atoms with E-state index < -0.39 is 5.60 Å². The maximum atomic E-state index is 13.4. The molecule has 1 heterocycles. The number of rotatable bonds is 5. The molecule has 1 aliphatic rings. The first-order valence-electron chi connectivity index (χ1n) is 8.16. The summed E-state index contributed by atoms with van der Waals surface area (Å²) in [5.74, 6) is -0.209. The van der Waals surface area contributed by atoms with Gasteiger partial charge < -0.3 is 9.64 Å². The van der Waals surface area contributed by atoms with Crippen LogP contribution in [0.5, 0.6) is 0 Å². The Morgan fingerprint density at radius 1 is 1.13 bits per heavy atom. The van der Waals surface area contributed by atoms with E-state index in [1.165, 1.54) is 28.8 Å². The standard InChI is InChI=1S/C20H24FNO/c1-15-5-10-19-16(13-15)14-23-20(19,11-4-12-22(2)3)17-6-8-18(21)9-7-17/h5-10,13H,4,11-12,14H2,1-3H3. The van der Waals surface area contributed by atoms with Gasteiger partial charge in [0.15, 0.2) is 0 Å². The predicted molar refractivity (Wildman–Crippen MR) is 90.9 cm³/mol. The summed E-state index contributed by atoms with van der Waals surface area (Å²) in [7, 11) is 4.16. The molecular weight excluding hydrogens is 289 g/mol. The highest BCUT2D eigenvalue weighted by Gasteiger charge is 2.41. The van der Waals surface area contributed by atoms with Crippen LogP contribution in [0.15, 0.2) is 42.5 Å². The second kappa shape index (κ2) is 6.42. The lowest BCUT2D eigenvalue weighted by atomic mass is 9.81. The Labute approximate surface area is 137 Å². The zero-order chi connectivity index (χ0) is 16.4. The van der Waals surface area contributed by atoms with Crippen LogP contribution in [0.3, 0.4) is 0 Å². The van der Waals surface area contributed by atoms with Crippen molar-refractivity contribution in [3.63, 3.8) is 0 Å². The van der Waals surface area contributed by atoms with Crippen LogP contribution < -0.4 is 0 Å². The van der Waals surface area contributed by atoms with Gasteiger partial charge in [-0.3, -0.25) is 0 Å². The normalized spacial score (nSPS) is 20.0. The molecule has 0 fully saturated rings. The molecule has 0 spiro atoms. The number of aryl methyl sites for hydroxylation is 1. The zero-order valence-electron chi connectivity index (χ0n) is 14.1. The van der Waals surface area contributed by atoms with Crippen LogP contribution in [0.2, 0.25) is 0 Å². The van der Waals surface area contributed by atoms with Gasteiger partial charge in [0, 0.05) is 0 Å². The first kappa shape index (κ1) is 16.2. The summed E-state index contributed by atoms with van der Waals surface area (Å²) in [5.41, 5.74) is 4.32. The summed E-state index contributed by atoms with van der Waals surface area (Å²) in [6.45, 7) is 3.73. The second-order valence-electron chi connectivity index (χ2n) is 6.69. The van der Waals surface area contributed by atoms with Gasteiger partial charge in [-0.15, -0.1) is 0 Å². The Bertz CT molecular complexity index is 681. The molecule has 1 atom stereocenters. The first-order valence-corrected chi connectivity index (χ1v) is 8.16. The number of nitrogens with zero attached hydrogens (tertiary/aromatic N) is 1. The van der Waals surface area contributed by atoms with Crippen molar-refractivity contribution in [2.45, 2.75) is 32.0 Å². The van der Waals surface area contributed by atoms with E-state index in [-0.39, 0.29) is 5.82 Å². The van der Waals surface area contributed by atoms with Gasteiger partial charge in [-0.05, 0) is 69.2 Å². The highest BCUT2D eigenvalue weighted by atomic mass is 19.1. The van der Waals surface area contributed by atoms with Crippen LogP contribution in [-0.2, 0) is 16.9 Å². The van der Waals surface area contributed by atoms with E-state index in [1.54, 1.807) is 0 Å². The summed E-state index contributed by atoms with van der Waals surface area (Å²) >= 11 is 0. The van der Waals surface area contributed by atoms with E-state index in [9.17, 15) is 4.39 Å². The topological polar surface area (TPSA) is 12.5 Å². The minimum absolute atomic E-state index is 0.209. The molecule has 0 bridgehead atoms. The van der Waals surface area contributed by atoms with E-state index >= 15 is 0 Å². The lowest BCUT2D eigenvalue weighted by Gasteiger charge is -2.31. The minimum atomic E-state index is -0.452. The molecule has 0 saturated heterocycles. The lowest BCUT2D eigenvalue weighted by molar-refractivity contribution is -0.0140. The number of fused-ring (bicyclic) bond motifs is 1. The fourth-order valence-corrected chi connectivity index (χ4v) is 3.47. The van der Waals surface area contributed by atoms with Crippen molar-refractivity contribution in [3.05, 3.63) is 70.5 Å². The van der Waals surface area contributed by atoms with Crippen LogP contribution in [0.4, 0.5) is 4.39 Å². The molecule has 2 aromatic rings. The Morgan fingerprint density at radius 2 is 1.87 bits per heavy atom. The highest BCUT2D eigenvalue weighted by molar-refractivity contribution is 5.45. The van der Waals surface area contributed by atoms with Gasteiger partial charge in [-0.2, -0.15) is 0 Å².